The molecule has 8 heteroatoms. The number of hydrogen-bond acceptors (Lipinski definition) is 3. The third-order valence-electron chi connectivity index (χ3n) is 4.38. The summed E-state index contributed by atoms with van der Waals surface area (Å²) < 4.78 is 27.1. The van der Waals surface area contributed by atoms with Gasteiger partial charge in [-0.25, -0.2) is 13.2 Å². The number of hydrogen-bond donors (Lipinski definition) is 0. The first kappa shape index (κ1) is 19.0. The quantitative estimate of drug-likeness (QED) is 0.814. The fourth-order valence-electron chi connectivity index (χ4n) is 2.82. The Labute approximate surface area is 149 Å². The van der Waals surface area contributed by atoms with E-state index in [0.29, 0.717) is 49.9 Å². The van der Waals surface area contributed by atoms with Crippen molar-refractivity contribution in [3.63, 3.8) is 0 Å². The second-order valence-corrected chi connectivity index (χ2v) is 8.02. The largest absolute Gasteiger partial charge is 0.325 e. The molecule has 0 N–H and O–H groups in total. The lowest BCUT2D eigenvalue weighted by atomic mass is 10.2. The van der Waals surface area contributed by atoms with Gasteiger partial charge in [-0.1, -0.05) is 17.7 Å². The molecule has 1 saturated heterocycles. The molecule has 2 rings (SSSR count). The third kappa shape index (κ3) is 3.68. The van der Waals surface area contributed by atoms with E-state index in [0.717, 1.165) is 0 Å². The van der Waals surface area contributed by atoms with E-state index < -0.39 is 10.0 Å². The van der Waals surface area contributed by atoms with Crippen LogP contribution in [0.15, 0.2) is 23.1 Å². The van der Waals surface area contributed by atoms with Crippen molar-refractivity contribution >= 4 is 27.7 Å². The second-order valence-electron chi connectivity index (χ2n) is 5.71. The van der Waals surface area contributed by atoms with Gasteiger partial charge in [0.1, 0.15) is 0 Å². The normalized spacial score (nSPS) is 16.2. The van der Waals surface area contributed by atoms with Gasteiger partial charge in [-0.15, -0.1) is 0 Å². The van der Waals surface area contributed by atoms with E-state index in [1.807, 2.05) is 13.8 Å². The van der Waals surface area contributed by atoms with Crippen molar-refractivity contribution in [1.82, 2.24) is 14.1 Å². The van der Waals surface area contributed by atoms with Gasteiger partial charge in [-0.05, 0) is 38.5 Å². The molecule has 24 heavy (non-hydrogen) atoms. The molecule has 1 aromatic carbocycles. The topological polar surface area (TPSA) is 60.9 Å². The van der Waals surface area contributed by atoms with Crippen molar-refractivity contribution in [2.45, 2.75) is 25.7 Å². The van der Waals surface area contributed by atoms with Gasteiger partial charge in [-0.3, -0.25) is 0 Å². The van der Waals surface area contributed by atoms with Crippen LogP contribution in [0.4, 0.5) is 4.79 Å². The molecule has 0 aromatic heterocycles. The number of sulfonamides is 1. The molecule has 1 aliphatic heterocycles. The maximum absolute atomic E-state index is 12.8. The highest BCUT2D eigenvalue weighted by atomic mass is 35.5. The van der Waals surface area contributed by atoms with E-state index in [9.17, 15) is 13.2 Å². The zero-order valence-electron chi connectivity index (χ0n) is 14.3. The summed E-state index contributed by atoms with van der Waals surface area (Å²) in [6.45, 7) is 8.25. The molecular weight excluding hydrogens is 350 g/mol. The van der Waals surface area contributed by atoms with Crippen LogP contribution in [-0.4, -0.2) is 67.8 Å². The lowest BCUT2D eigenvalue weighted by Crippen LogP contribution is -2.54. The highest BCUT2D eigenvalue weighted by Crippen LogP contribution is 2.26. The Bertz CT molecular complexity index is 697. The van der Waals surface area contributed by atoms with Gasteiger partial charge in [0.15, 0.2) is 0 Å². The van der Waals surface area contributed by atoms with Gasteiger partial charge in [0.25, 0.3) is 0 Å². The number of nitrogens with zero attached hydrogens (tertiary/aromatic N) is 3. The average Bonchev–Trinajstić information content (AvgIpc) is 2.58. The Morgan fingerprint density at radius 1 is 1.17 bits per heavy atom. The average molecular weight is 374 g/mol. The number of piperazine rings is 1. The van der Waals surface area contributed by atoms with Gasteiger partial charge in [-0.2, -0.15) is 4.31 Å². The summed E-state index contributed by atoms with van der Waals surface area (Å²) in [7, 11) is -3.60. The van der Waals surface area contributed by atoms with Crippen LogP contribution < -0.4 is 0 Å². The number of amides is 2. The number of carbonyl (C=O) groups is 1. The Morgan fingerprint density at radius 3 is 2.29 bits per heavy atom. The molecule has 134 valence electrons. The molecule has 1 heterocycles. The van der Waals surface area contributed by atoms with Crippen LogP contribution in [0.5, 0.6) is 0 Å². The molecule has 0 bridgehead atoms. The van der Waals surface area contributed by atoms with Crippen LogP contribution in [0.2, 0.25) is 5.02 Å². The maximum atomic E-state index is 12.8. The van der Waals surface area contributed by atoms with Crippen LogP contribution in [0, 0.1) is 6.92 Å². The Morgan fingerprint density at radius 2 is 1.75 bits per heavy atom. The molecule has 1 fully saturated rings. The summed E-state index contributed by atoms with van der Waals surface area (Å²) in [6.07, 6.45) is 0. The first-order chi connectivity index (χ1) is 11.3. The zero-order valence-corrected chi connectivity index (χ0v) is 15.9. The van der Waals surface area contributed by atoms with E-state index in [2.05, 4.69) is 0 Å². The van der Waals surface area contributed by atoms with Crippen LogP contribution in [-0.2, 0) is 10.0 Å². The second kappa shape index (κ2) is 7.72. The first-order valence-electron chi connectivity index (χ1n) is 8.12. The molecule has 6 nitrogen and oxygen atoms in total. The van der Waals surface area contributed by atoms with Gasteiger partial charge in [0.2, 0.25) is 10.0 Å². The summed E-state index contributed by atoms with van der Waals surface area (Å²) in [5, 5.41) is 0.437. The van der Waals surface area contributed by atoms with Crippen molar-refractivity contribution in [3.05, 3.63) is 28.8 Å². The molecule has 1 aromatic rings. The Balaban J connectivity index is 2.11. The minimum atomic E-state index is -3.60. The molecule has 0 atom stereocenters. The van der Waals surface area contributed by atoms with Crippen LogP contribution in [0.1, 0.15) is 19.4 Å². The summed E-state index contributed by atoms with van der Waals surface area (Å²) >= 11 is 6.05. The molecule has 0 radical (unpaired) electrons. The maximum Gasteiger partial charge on any atom is 0.320 e. The number of halogens is 1. The molecule has 0 unspecified atom stereocenters. The van der Waals surface area contributed by atoms with Gasteiger partial charge >= 0.3 is 6.03 Å². The molecular formula is C16H24ClN3O3S. The molecule has 0 spiro atoms. The number of carbonyl (C=O) groups excluding carboxylic acids is 1. The highest BCUT2D eigenvalue weighted by Gasteiger charge is 2.32. The number of benzene rings is 1. The number of rotatable bonds is 4. The molecule has 0 aliphatic carbocycles. The highest BCUT2D eigenvalue weighted by molar-refractivity contribution is 7.89. The SMILES string of the molecule is CCN(CC)C(=O)N1CCN(S(=O)(=O)c2cccc(Cl)c2C)CC1. The van der Waals surface area contributed by atoms with Gasteiger partial charge in [0.05, 0.1) is 4.90 Å². The zero-order chi connectivity index (χ0) is 17.9. The Hall–Kier alpha value is -1.31. The smallest absolute Gasteiger partial charge is 0.320 e. The minimum Gasteiger partial charge on any atom is -0.325 e. The van der Waals surface area contributed by atoms with Crippen LogP contribution >= 0.6 is 11.6 Å². The molecule has 1 aliphatic rings. The summed E-state index contributed by atoms with van der Waals surface area (Å²) in [5.74, 6) is 0. The van der Waals surface area contributed by atoms with Crippen molar-refractivity contribution in [3.8, 4) is 0 Å². The standard InChI is InChI=1S/C16H24ClN3O3S/c1-4-18(5-2)16(21)19-9-11-20(12-10-19)24(22,23)15-8-6-7-14(17)13(15)3/h6-8H,4-5,9-12H2,1-3H3. The molecule has 0 saturated carbocycles. The van der Waals surface area contributed by atoms with E-state index >= 15 is 0 Å². The van der Waals surface area contributed by atoms with Gasteiger partial charge < -0.3 is 9.80 Å². The van der Waals surface area contributed by atoms with Crippen LogP contribution in [0.3, 0.4) is 0 Å². The summed E-state index contributed by atoms with van der Waals surface area (Å²) in [5.41, 5.74) is 0.556. The summed E-state index contributed by atoms with van der Waals surface area (Å²) in [4.78, 5) is 16.0. The van der Waals surface area contributed by atoms with Crippen molar-refractivity contribution in [2.75, 3.05) is 39.3 Å². The van der Waals surface area contributed by atoms with E-state index in [1.165, 1.54) is 4.31 Å². The lowest BCUT2D eigenvalue weighted by Gasteiger charge is -2.36. The fourth-order valence-corrected chi connectivity index (χ4v) is 4.72. The fraction of sp³-hybridized carbons (Fsp3) is 0.562. The monoisotopic (exact) mass is 373 g/mol. The van der Waals surface area contributed by atoms with E-state index in [1.54, 1.807) is 34.9 Å². The molecule has 2 amide bonds. The van der Waals surface area contributed by atoms with Crippen LogP contribution in [0.25, 0.3) is 0 Å². The van der Waals surface area contributed by atoms with Crippen molar-refractivity contribution in [2.24, 2.45) is 0 Å². The first-order valence-corrected chi connectivity index (χ1v) is 9.93. The summed E-state index contributed by atoms with van der Waals surface area (Å²) in [6, 6.07) is 4.86. The minimum absolute atomic E-state index is 0.0315. The lowest BCUT2D eigenvalue weighted by molar-refractivity contribution is 0.138. The Kier molecular flexibility index (Phi) is 6.11. The third-order valence-corrected chi connectivity index (χ3v) is 6.83. The number of urea groups is 1. The predicted molar refractivity (Wildman–Crippen MR) is 94.8 cm³/mol. The van der Waals surface area contributed by atoms with E-state index in [-0.39, 0.29) is 10.9 Å². The van der Waals surface area contributed by atoms with E-state index in [4.69, 9.17) is 11.6 Å². The van der Waals surface area contributed by atoms with Crippen molar-refractivity contribution < 1.29 is 13.2 Å². The van der Waals surface area contributed by atoms with Crippen molar-refractivity contribution in [1.29, 1.82) is 0 Å². The predicted octanol–water partition coefficient (Wildman–Crippen LogP) is 2.42. The van der Waals surface area contributed by atoms with Gasteiger partial charge in [0, 0.05) is 44.3 Å².